The number of rotatable bonds is 7. The van der Waals surface area contributed by atoms with Crippen LogP contribution in [0.25, 0.3) is 5.69 Å². The summed E-state index contributed by atoms with van der Waals surface area (Å²) in [5, 5.41) is 7.24. The molecule has 0 atom stereocenters. The molecule has 0 saturated heterocycles. The molecule has 1 aromatic heterocycles. The van der Waals surface area contributed by atoms with Gasteiger partial charge in [-0.25, -0.2) is 4.68 Å². The van der Waals surface area contributed by atoms with Crippen molar-refractivity contribution in [2.24, 2.45) is 0 Å². The summed E-state index contributed by atoms with van der Waals surface area (Å²) < 4.78 is 12.3. The molecular weight excluding hydrogens is 330 g/mol. The van der Waals surface area contributed by atoms with E-state index in [4.69, 9.17) is 9.47 Å². The fourth-order valence-electron chi connectivity index (χ4n) is 2.61. The van der Waals surface area contributed by atoms with Gasteiger partial charge in [-0.2, -0.15) is 5.10 Å². The Labute approximate surface area is 152 Å². The van der Waals surface area contributed by atoms with Gasteiger partial charge in [-0.15, -0.1) is 0 Å². The summed E-state index contributed by atoms with van der Waals surface area (Å²) in [5.74, 6) is 1.19. The lowest BCUT2D eigenvalue weighted by Crippen LogP contribution is -2.24. The second-order valence-electron chi connectivity index (χ2n) is 5.77. The maximum Gasteiger partial charge on any atom is 0.224 e. The fraction of sp³-hybridized carbons (Fsp3) is 0.200. The van der Waals surface area contributed by atoms with Crippen molar-refractivity contribution in [2.45, 2.75) is 13.0 Å². The van der Waals surface area contributed by atoms with Gasteiger partial charge in [-0.1, -0.05) is 24.3 Å². The molecule has 134 valence electrons. The Morgan fingerprint density at radius 2 is 1.81 bits per heavy atom. The third-order valence-corrected chi connectivity index (χ3v) is 3.96. The Kier molecular flexibility index (Phi) is 5.53. The third kappa shape index (κ3) is 4.22. The van der Waals surface area contributed by atoms with Crippen molar-refractivity contribution in [3.8, 4) is 17.2 Å². The molecule has 0 aliphatic rings. The number of hydrogen-bond acceptors (Lipinski definition) is 4. The molecule has 0 saturated carbocycles. The minimum atomic E-state index is -0.0651. The van der Waals surface area contributed by atoms with E-state index in [9.17, 15) is 4.79 Å². The van der Waals surface area contributed by atoms with Crippen LogP contribution in [0.2, 0.25) is 0 Å². The molecule has 6 nitrogen and oxygen atoms in total. The monoisotopic (exact) mass is 351 g/mol. The highest BCUT2D eigenvalue weighted by Crippen LogP contribution is 2.27. The maximum atomic E-state index is 12.2. The SMILES string of the molecule is COc1ccc(CC(=O)NCc2cnn(-c3ccccc3)c2)cc1OC. The van der Waals surface area contributed by atoms with E-state index in [0.717, 1.165) is 16.8 Å². The lowest BCUT2D eigenvalue weighted by molar-refractivity contribution is -0.120. The number of hydrogen-bond donors (Lipinski definition) is 1. The van der Waals surface area contributed by atoms with Crippen LogP contribution in [0.1, 0.15) is 11.1 Å². The first-order valence-corrected chi connectivity index (χ1v) is 8.26. The Hall–Kier alpha value is -3.28. The van der Waals surface area contributed by atoms with E-state index in [1.165, 1.54) is 0 Å². The molecule has 2 aromatic carbocycles. The second-order valence-corrected chi connectivity index (χ2v) is 5.77. The molecule has 1 N–H and O–H groups in total. The molecular formula is C20H21N3O3. The lowest BCUT2D eigenvalue weighted by atomic mass is 10.1. The molecule has 1 amide bonds. The zero-order valence-corrected chi connectivity index (χ0v) is 14.8. The first-order chi connectivity index (χ1) is 12.7. The van der Waals surface area contributed by atoms with Gasteiger partial charge in [0.25, 0.3) is 0 Å². The first-order valence-electron chi connectivity index (χ1n) is 8.26. The van der Waals surface area contributed by atoms with Gasteiger partial charge in [0.15, 0.2) is 11.5 Å². The number of benzene rings is 2. The maximum absolute atomic E-state index is 12.2. The summed E-state index contributed by atoms with van der Waals surface area (Å²) in [6.07, 6.45) is 3.93. The van der Waals surface area contributed by atoms with Gasteiger partial charge in [0.1, 0.15) is 0 Å². The summed E-state index contributed by atoms with van der Waals surface area (Å²) in [4.78, 5) is 12.2. The average Bonchev–Trinajstić information content (AvgIpc) is 3.16. The van der Waals surface area contributed by atoms with E-state index >= 15 is 0 Å². The third-order valence-electron chi connectivity index (χ3n) is 3.96. The molecule has 26 heavy (non-hydrogen) atoms. The molecule has 0 radical (unpaired) electrons. The minimum Gasteiger partial charge on any atom is -0.493 e. The van der Waals surface area contributed by atoms with Crippen molar-refractivity contribution in [3.05, 3.63) is 72.1 Å². The minimum absolute atomic E-state index is 0.0651. The van der Waals surface area contributed by atoms with Crippen molar-refractivity contribution >= 4 is 5.91 Å². The Morgan fingerprint density at radius 1 is 1.04 bits per heavy atom. The van der Waals surface area contributed by atoms with Crippen molar-refractivity contribution in [2.75, 3.05) is 14.2 Å². The second kappa shape index (κ2) is 8.20. The average molecular weight is 351 g/mol. The van der Waals surface area contributed by atoms with Crippen LogP contribution in [0.3, 0.4) is 0 Å². The molecule has 1 heterocycles. The van der Waals surface area contributed by atoms with Crippen molar-refractivity contribution in [1.82, 2.24) is 15.1 Å². The molecule has 3 aromatic rings. The predicted octanol–water partition coefficient (Wildman–Crippen LogP) is 2.75. The molecule has 0 spiro atoms. The summed E-state index contributed by atoms with van der Waals surface area (Å²) in [6, 6.07) is 15.3. The van der Waals surface area contributed by atoms with Gasteiger partial charge in [0.05, 0.1) is 32.5 Å². The summed E-state index contributed by atoms with van der Waals surface area (Å²) in [5.41, 5.74) is 2.78. The van der Waals surface area contributed by atoms with E-state index in [1.807, 2.05) is 48.7 Å². The number of nitrogens with zero attached hydrogens (tertiary/aromatic N) is 2. The van der Waals surface area contributed by atoms with E-state index in [2.05, 4.69) is 10.4 Å². The van der Waals surface area contributed by atoms with Gasteiger partial charge < -0.3 is 14.8 Å². The topological polar surface area (TPSA) is 65.4 Å². The smallest absolute Gasteiger partial charge is 0.224 e. The van der Waals surface area contributed by atoms with Crippen molar-refractivity contribution < 1.29 is 14.3 Å². The number of carbonyl (C=O) groups excluding carboxylic acids is 1. The van der Waals surface area contributed by atoms with Crippen LogP contribution < -0.4 is 14.8 Å². The van der Waals surface area contributed by atoms with Crippen molar-refractivity contribution in [3.63, 3.8) is 0 Å². The van der Waals surface area contributed by atoms with E-state index in [0.29, 0.717) is 18.0 Å². The van der Waals surface area contributed by atoms with Crippen LogP contribution in [0.4, 0.5) is 0 Å². The predicted molar refractivity (Wildman–Crippen MR) is 98.7 cm³/mol. The number of carbonyl (C=O) groups is 1. The van der Waals surface area contributed by atoms with Crippen LogP contribution in [-0.4, -0.2) is 29.9 Å². The quantitative estimate of drug-likeness (QED) is 0.711. The number of methoxy groups -OCH3 is 2. The molecule has 0 aliphatic heterocycles. The number of ether oxygens (including phenoxy) is 2. The zero-order chi connectivity index (χ0) is 18.4. The standard InChI is InChI=1S/C20H21N3O3/c1-25-18-9-8-15(10-19(18)26-2)11-20(24)21-12-16-13-22-23(14-16)17-6-4-3-5-7-17/h3-10,13-14H,11-12H2,1-2H3,(H,21,24). The summed E-state index contributed by atoms with van der Waals surface area (Å²) in [6.45, 7) is 0.430. The molecule has 0 aliphatic carbocycles. The number of para-hydroxylation sites is 1. The Bertz CT molecular complexity index is 875. The van der Waals surface area contributed by atoms with Crippen molar-refractivity contribution in [1.29, 1.82) is 0 Å². The summed E-state index contributed by atoms with van der Waals surface area (Å²) >= 11 is 0. The van der Waals surface area contributed by atoms with Gasteiger partial charge in [0, 0.05) is 18.3 Å². The molecule has 0 bridgehead atoms. The highest BCUT2D eigenvalue weighted by atomic mass is 16.5. The Balaban J connectivity index is 1.57. The van der Waals surface area contributed by atoms with E-state index in [-0.39, 0.29) is 12.3 Å². The van der Waals surface area contributed by atoms with Gasteiger partial charge in [-0.3, -0.25) is 4.79 Å². The van der Waals surface area contributed by atoms with E-state index < -0.39 is 0 Å². The normalized spacial score (nSPS) is 10.4. The molecule has 0 unspecified atom stereocenters. The number of amides is 1. The Morgan fingerprint density at radius 3 is 2.54 bits per heavy atom. The molecule has 6 heteroatoms. The molecule has 3 rings (SSSR count). The van der Waals surface area contributed by atoms with Crippen LogP contribution in [-0.2, 0) is 17.8 Å². The lowest BCUT2D eigenvalue weighted by Gasteiger charge is -2.09. The van der Waals surface area contributed by atoms with Crippen LogP contribution >= 0.6 is 0 Å². The van der Waals surface area contributed by atoms with Crippen LogP contribution in [0.5, 0.6) is 11.5 Å². The fourth-order valence-corrected chi connectivity index (χ4v) is 2.61. The van der Waals surface area contributed by atoms with Gasteiger partial charge in [0.2, 0.25) is 5.91 Å². The highest BCUT2D eigenvalue weighted by Gasteiger charge is 2.09. The largest absolute Gasteiger partial charge is 0.493 e. The van der Waals surface area contributed by atoms with Gasteiger partial charge in [-0.05, 0) is 29.8 Å². The number of aromatic nitrogens is 2. The van der Waals surface area contributed by atoms with Gasteiger partial charge >= 0.3 is 0 Å². The highest BCUT2D eigenvalue weighted by molar-refractivity contribution is 5.78. The number of nitrogens with one attached hydrogen (secondary N) is 1. The zero-order valence-electron chi connectivity index (χ0n) is 14.8. The van der Waals surface area contributed by atoms with Crippen LogP contribution in [0.15, 0.2) is 60.9 Å². The summed E-state index contributed by atoms with van der Waals surface area (Å²) in [7, 11) is 3.16. The molecule has 0 fully saturated rings. The van der Waals surface area contributed by atoms with E-state index in [1.54, 1.807) is 31.2 Å². The first kappa shape index (κ1) is 17.5. The van der Waals surface area contributed by atoms with Crippen LogP contribution in [0, 0.1) is 0 Å².